The lowest BCUT2D eigenvalue weighted by molar-refractivity contribution is 0.146. The molecule has 0 saturated carbocycles. The number of rotatable bonds is 4. The Morgan fingerprint density at radius 3 is 2.48 bits per heavy atom. The van der Waals surface area contributed by atoms with E-state index in [0.29, 0.717) is 21.2 Å². The summed E-state index contributed by atoms with van der Waals surface area (Å²) in [4.78, 5) is 0. The largest absolute Gasteiger partial charge is 0.388 e. The van der Waals surface area contributed by atoms with Gasteiger partial charge in [0.1, 0.15) is 5.82 Å². The van der Waals surface area contributed by atoms with E-state index in [9.17, 15) is 9.50 Å². The zero-order chi connectivity index (χ0) is 15.6. The summed E-state index contributed by atoms with van der Waals surface area (Å²) in [6.45, 7) is 1.99. The fourth-order valence-electron chi connectivity index (χ4n) is 2.37. The van der Waals surface area contributed by atoms with Crippen LogP contribution in [-0.2, 0) is 0 Å². The third-order valence-corrected chi connectivity index (χ3v) is 4.12. The first-order chi connectivity index (χ1) is 9.93. The van der Waals surface area contributed by atoms with Crippen LogP contribution in [-0.4, -0.2) is 11.7 Å². The van der Waals surface area contributed by atoms with Crippen molar-refractivity contribution in [1.29, 1.82) is 0 Å². The van der Waals surface area contributed by atoms with Crippen LogP contribution in [0.5, 0.6) is 0 Å². The molecule has 0 radical (unpaired) electrons. The van der Waals surface area contributed by atoms with Crippen molar-refractivity contribution < 1.29 is 9.50 Å². The summed E-state index contributed by atoms with van der Waals surface area (Å²) in [6, 6.07) is 9.35. The SMILES string of the molecule is Cc1ccc(F)cc1C(O)C(CN)c1ccc(Cl)cc1Cl. The molecule has 0 amide bonds. The van der Waals surface area contributed by atoms with E-state index in [1.165, 1.54) is 12.1 Å². The lowest BCUT2D eigenvalue weighted by Crippen LogP contribution is -2.21. The molecule has 0 fully saturated rings. The topological polar surface area (TPSA) is 46.2 Å². The summed E-state index contributed by atoms with van der Waals surface area (Å²) in [5, 5.41) is 11.5. The molecule has 2 aromatic rings. The van der Waals surface area contributed by atoms with Gasteiger partial charge in [-0.05, 0) is 47.9 Å². The second kappa shape index (κ2) is 6.75. The van der Waals surface area contributed by atoms with Gasteiger partial charge in [-0.1, -0.05) is 35.3 Å². The molecule has 21 heavy (non-hydrogen) atoms. The summed E-state index contributed by atoms with van der Waals surface area (Å²) >= 11 is 12.1. The minimum atomic E-state index is -0.940. The second-order valence-corrected chi connectivity index (χ2v) is 5.80. The molecule has 2 rings (SSSR count). The lowest BCUT2D eigenvalue weighted by Gasteiger charge is -2.24. The van der Waals surface area contributed by atoms with E-state index >= 15 is 0 Å². The quantitative estimate of drug-likeness (QED) is 0.883. The number of benzene rings is 2. The predicted octanol–water partition coefficient (Wildman–Crippen LogP) is 4.22. The van der Waals surface area contributed by atoms with E-state index in [1.807, 2.05) is 6.92 Å². The molecule has 112 valence electrons. The van der Waals surface area contributed by atoms with E-state index in [4.69, 9.17) is 28.9 Å². The highest BCUT2D eigenvalue weighted by atomic mass is 35.5. The van der Waals surface area contributed by atoms with Crippen LogP contribution in [0.2, 0.25) is 10.0 Å². The van der Waals surface area contributed by atoms with Gasteiger partial charge in [0.15, 0.2) is 0 Å². The molecule has 0 saturated heterocycles. The van der Waals surface area contributed by atoms with Gasteiger partial charge in [0, 0.05) is 22.5 Å². The van der Waals surface area contributed by atoms with Gasteiger partial charge >= 0.3 is 0 Å². The van der Waals surface area contributed by atoms with Crippen molar-refractivity contribution in [3.8, 4) is 0 Å². The van der Waals surface area contributed by atoms with Crippen molar-refractivity contribution in [3.05, 3.63) is 69.0 Å². The first-order valence-electron chi connectivity index (χ1n) is 6.53. The Balaban J connectivity index is 2.43. The molecular formula is C16H16Cl2FNO. The Morgan fingerprint density at radius 1 is 1.14 bits per heavy atom. The Morgan fingerprint density at radius 2 is 1.86 bits per heavy atom. The van der Waals surface area contributed by atoms with Gasteiger partial charge < -0.3 is 10.8 Å². The average Bonchev–Trinajstić information content (AvgIpc) is 2.44. The van der Waals surface area contributed by atoms with Gasteiger partial charge in [0.05, 0.1) is 6.10 Å². The first-order valence-corrected chi connectivity index (χ1v) is 7.28. The van der Waals surface area contributed by atoms with E-state index < -0.39 is 17.8 Å². The van der Waals surface area contributed by atoms with Gasteiger partial charge in [-0.3, -0.25) is 0 Å². The highest BCUT2D eigenvalue weighted by Crippen LogP contribution is 2.36. The van der Waals surface area contributed by atoms with E-state index in [-0.39, 0.29) is 6.54 Å². The highest BCUT2D eigenvalue weighted by molar-refractivity contribution is 6.35. The van der Waals surface area contributed by atoms with Crippen LogP contribution in [0.15, 0.2) is 36.4 Å². The monoisotopic (exact) mass is 327 g/mol. The molecular weight excluding hydrogens is 312 g/mol. The maximum atomic E-state index is 13.4. The molecule has 0 aromatic heterocycles. The van der Waals surface area contributed by atoms with Crippen LogP contribution in [0.4, 0.5) is 4.39 Å². The molecule has 2 nitrogen and oxygen atoms in total. The molecule has 0 aliphatic carbocycles. The molecule has 3 N–H and O–H groups in total. The van der Waals surface area contributed by atoms with Gasteiger partial charge in [0.25, 0.3) is 0 Å². The zero-order valence-electron chi connectivity index (χ0n) is 11.5. The average molecular weight is 328 g/mol. The van der Waals surface area contributed by atoms with E-state index in [0.717, 1.165) is 5.56 Å². The van der Waals surface area contributed by atoms with Gasteiger partial charge in [-0.15, -0.1) is 0 Å². The van der Waals surface area contributed by atoms with E-state index in [2.05, 4.69) is 0 Å². The number of aryl methyl sites for hydroxylation is 1. The number of nitrogens with two attached hydrogens (primary N) is 1. The van der Waals surface area contributed by atoms with Crippen LogP contribution < -0.4 is 5.73 Å². The normalized spacial score (nSPS) is 14.0. The van der Waals surface area contributed by atoms with Gasteiger partial charge in [0.2, 0.25) is 0 Å². The van der Waals surface area contributed by atoms with Crippen LogP contribution in [0.25, 0.3) is 0 Å². The highest BCUT2D eigenvalue weighted by Gasteiger charge is 2.25. The Bertz CT molecular complexity index is 648. The molecule has 0 heterocycles. The Labute approximate surface area is 133 Å². The summed E-state index contributed by atoms with van der Waals surface area (Å²) in [7, 11) is 0. The zero-order valence-corrected chi connectivity index (χ0v) is 13.0. The number of hydrogen-bond donors (Lipinski definition) is 2. The second-order valence-electron chi connectivity index (χ2n) is 4.95. The predicted molar refractivity (Wildman–Crippen MR) is 84.4 cm³/mol. The minimum Gasteiger partial charge on any atom is -0.388 e. The maximum Gasteiger partial charge on any atom is 0.123 e. The number of hydrogen-bond acceptors (Lipinski definition) is 2. The van der Waals surface area contributed by atoms with Crippen molar-refractivity contribution >= 4 is 23.2 Å². The standard InChI is InChI=1S/C16H16Cl2FNO/c1-9-2-4-11(19)7-13(9)16(21)14(8-20)12-5-3-10(17)6-15(12)18/h2-7,14,16,21H,8,20H2,1H3. The maximum absolute atomic E-state index is 13.4. The summed E-state index contributed by atoms with van der Waals surface area (Å²) in [6.07, 6.45) is -0.940. The van der Waals surface area contributed by atoms with Crippen molar-refractivity contribution in [2.45, 2.75) is 18.9 Å². The smallest absolute Gasteiger partial charge is 0.123 e. The van der Waals surface area contributed by atoms with Gasteiger partial charge in [-0.2, -0.15) is 0 Å². The third kappa shape index (κ3) is 3.55. The number of aliphatic hydroxyl groups is 1. The van der Waals surface area contributed by atoms with Crippen molar-refractivity contribution in [3.63, 3.8) is 0 Å². The van der Waals surface area contributed by atoms with Gasteiger partial charge in [-0.25, -0.2) is 4.39 Å². The molecule has 2 unspecified atom stereocenters. The summed E-state index contributed by atoms with van der Waals surface area (Å²) in [5.41, 5.74) is 7.80. The van der Waals surface area contributed by atoms with Crippen LogP contribution in [0, 0.1) is 12.7 Å². The molecule has 0 aliphatic rings. The third-order valence-electron chi connectivity index (χ3n) is 3.56. The number of aliphatic hydroxyl groups excluding tert-OH is 1. The van der Waals surface area contributed by atoms with Crippen LogP contribution >= 0.6 is 23.2 Å². The Hall–Kier alpha value is -1.13. The fraction of sp³-hybridized carbons (Fsp3) is 0.250. The molecule has 0 bridgehead atoms. The molecule has 2 aromatic carbocycles. The number of halogens is 3. The Kier molecular flexibility index (Phi) is 5.22. The molecule has 2 atom stereocenters. The van der Waals surface area contributed by atoms with Crippen molar-refractivity contribution in [1.82, 2.24) is 0 Å². The van der Waals surface area contributed by atoms with Crippen molar-refractivity contribution in [2.24, 2.45) is 5.73 Å². The fourth-order valence-corrected chi connectivity index (χ4v) is 2.92. The summed E-state index contributed by atoms with van der Waals surface area (Å²) in [5.74, 6) is -0.831. The van der Waals surface area contributed by atoms with E-state index in [1.54, 1.807) is 24.3 Å². The summed E-state index contributed by atoms with van der Waals surface area (Å²) < 4.78 is 13.4. The minimum absolute atomic E-state index is 0.179. The first kappa shape index (κ1) is 16.2. The molecule has 5 heteroatoms. The lowest BCUT2D eigenvalue weighted by atomic mass is 9.87. The van der Waals surface area contributed by atoms with Crippen LogP contribution in [0.3, 0.4) is 0 Å². The van der Waals surface area contributed by atoms with Crippen molar-refractivity contribution in [2.75, 3.05) is 6.54 Å². The molecule has 0 aliphatic heterocycles. The molecule has 0 spiro atoms. The van der Waals surface area contributed by atoms with Crippen LogP contribution in [0.1, 0.15) is 28.7 Å².